The molecule has 2 amide bonds. The number of carbonyl (C=O) groups excluding carboxylic acids is 2. The summed E-state index contributed by atoms with van der Waals surface area (Å²) in [6.07, 6.45) is 0.201. The minimum atomic E-state index is -0.418. The number of hydrazine groups is 1. The molecular weight excluding hydrogens is 372 g/mol. The van der Waals surface area contributed by atoms with Crippen LogP contribution in [0.25, 0.3) is 0 Å². The lowest BCUT2D eigenvalue weighted by Gasteiger charge is -2.13. The monoisotopic (exact) mass is 390 g/mol. The van der Waals surface area contributed by atoms with E-state index in [1.807, 2.05) is 56.3 Å². The van der Waals surface area contributed by atoms with Gasteiger partial charge in [0.05, 0.1) is 6.42 Å². The zero-order chi connectivity index (χ0) is 17.5. The van der Waals surface area contributed by atoms with Gasteiger partial charge in [0.15, 0.2) is 6.61 Å². The molecule has 0 bridgehead atoms. The second-order valence-electron chi connectivity index (χ2n) is 5.42. The summed E-state index contributed by atoms with van der Waals surface area (Å²) in [5.41, 5.74) is 7.47. The molecule has 0 aliphatic carbocycles. The zero-order valence-corrected chi connectivity index (χ0v) is 15.1. The molecule has 0 atom stereocenters. The molecule has 0 spiro atoms. The quantitative estimate of drug-likeness (QED) is 0.771. The van der Waals surface area contributed by atoms with Crippen LogP contribution >= 0.6 is 15.9 Å². The number of aryl methyl sites for hydroxylation is 2. The van der Waals surface area contributed by atoms with Gasteiger partial charge < -0.3 is 4.74 Å². The van der Waals surface area contributed by atoms with Crippen LogP contribution in [0.5, 0.6) is 5.75 Å². The third kappa shape index (κ3) is 5.38. The fourth-order valence-corrected chi connectivity index (χ4v) is 2.95. The Bertz CT molecular complexity index is 709. The number of nitrogens with one attached hydrogen (secondary N) is 2. The molecule has 126 valence electrons. The van der Waals surface area contributed by atoms with Crippen LogP contribution in [0.15, 0.2) is 46.9 Å². The highest BCUT2D eigenvalue weighted by Gasteiger charge is 2.10. The molecule has 0 saturated carbocycles. The lowest BCUT2D eigenvalue weighted by Crippen LogP contribution is -2.44. The molecule has 0 aliphatic rings. The van der Waals surface area contributed by atoms with E-state index in [1.165, 1.54) is 0 Å². The number of carbonyl (C=O) groups is 2. The van der Waals surface area contributed by atoms with Crippen LogP contribution in [-0.4, -0.2) is 18.4 Å². The number of hydrogen-bond acceptors (Lipinski definition) is 3. The minimum Gasteiger partial charge on any atom is -0.483 e. The molecule has 0 unspecified atom stereocenters. The van der Waals surface area contributed by atoms with Crippen molar-refractivity contribution < 1.29 is 14.3 Å². The van der Waals surface area contributed by atoms with Gasteiger partial charge in [-0.15, -0.1) is 0 Å². The van der Waals surface area contributed by atoms with E-state index in [2.05, 4.69) is 26.8 Å². The van der Waals surface area contributed by atoms with Crippen LogP contribution < -0.4 is 15.6 Å². The maximum atomic E-state index is 11.8. The van der Waals surface area contributed by atoms with E-state index in [9.17, 15) is 9.59 Å². The van der Waals surface area contributed by atoms with Crippen molar-refractivity contribution in [3.8, 4) is 5.75 Å². The maximum Gasteiger partial charge on any atom is 0.276 e. The number of hydrogen-bond donors (Lipinski definition) is 2. The molecule has 0 saturated heterocycles. The Morgan fingerprint density at radius 3 is 2.21 bits per heavy atom. The van der Waals surface area contributed by atoms with Crippen molar-refractivity contribution in [2.75, 3.05) is 6.61 Å². The Morgan fingerprint density at radius 1 is 1.00 bits per heavy atom. The summed E-state index contributed by atoms with van der Waals surface area (Å²) in [7, 11) is 0. The predicted octanol–water partition coefficient (Wildman–Crippen LogP) is 2.83. The van der Waals surface area contributed by atoms with Crippen LogP contribution in [0.4, 0.5) is 0 Å². The van der Waals surface area contributed by atoms with Crippen LogP contribution in [0.2, 0.25) is 0 Å². The van der Waals surface area contributed by atoms with Gasteiger partial charge in [-0.2, -0.15) is 0 Å². The lowest BCUT2D eigenvalue weighted by molar-refractivity contribution is -0.129. The Morgan fingerprint density at radius 2 is 1.58 bits per heavy atom. The molecule has 6 heteroatoms. The van der Waals surface area contributed by atoms with Gasteiger partial charge in [-0.05, 0) is 42.7 Å². The van der Waals surface area contributed by atoms with E-state index in [4.69, 9.17) is 4.74 Å². The second-order valence-corrected chi connectivity index (χ2v) is 6.33. The standard InChI is InChI=1S/C18H19BrN2O3/c1-12-8-15(19)9-13(2)18(12)24-11-17(23)21-20-16(22)10-14-6-4-3-5-7-14/h3-9H,10-11H2,1-2H3,(H,20,22)(H,21,23). The fourth-order valence-electron chi connectivity index (χ4n) is 2.26. The van der Waals surface area contributed by atoms with Crippen molar-refractivity contribution in [1.82, 2.24) is 10.9 Å². The first-order valence-electron chi connectivity index (χ1n) is 7.47. The Labute approximate surface area is 149 Å². The first-order valence-corrected chi connectivity index (χ1v) is 8.26. The molecule has 0 heterocycles. The van der Waals surface area contributed by atoms with Crippen LogP contribution in [0, 0.1) is 13.8 Å². The van der Waals surface area contributed by atoms with Crippen LogP contribution in [0.3, 0.4) is 0 Å². The molecule has 5 nitrogen and oxygen atoms in total. The normalized spacial score (nSPS) is 10.1. The largest absolute Gasteiger partial charge is 0.483 e. The molecule has 0 fully saturated rings. The highest BCUT2D eigenvalue weighted by molar-refractivity contribution is 9.10. The smallest absolute Gasteiger partial charge is 0.276 e. The summed E-state index contributed by atoms with van der Waals surface area (Å²) in [5.74, 6) is -0.0346. The van der Waals surface area contributed by atoms with Crippen molar-refractivity contribution >= 4 is 27.7 Å². The predicted molar refractivity (Wildman–Crippen MR) is 95.5 cm³/mol. The van der Waals surface area contributed by atoms with E-state index in [0.29, 0.717) is 5.75 Å². The lowest BCUT2D eigenvalue weighted by atomic mass is 10.1. The maximum absolute atomic E-state index is 11.8. The highest BCUT2D eigenvalue weighted by Crippen LogP contribution is 2.27. The van der Waals surface area contributed by atoms with Gasteiger partial charge in [0, 0.05) is 4.47 Å². The molecular formula is C18H19BrN2O3. The summed E-state index contributed by atoms with van der Waals surface area (Å²) in [6, 6.07) is 13.1. The molecule has 2 aromatic carbocycles. The van der Waals surface area contributed by atoms with Gasteiger partial charge in [-0.1, -0.05) is 46.3 Å². The molecule has 0 aromatic heterocycles. The average molecular weight is 391 g/mol. The minimum absolute atomic E-state index is 0.172. The third-order valence-corrected chi connectivity index (χ3v) is 3.78. The first kappa shape index (κ1) is 18.0. The third-order valence-electron chi connectivity index (χ3n) is 3.32. The van der Waals surface area contributed by atoms with Gasteiger partial charge in [0.25, 0.3) is 5.91 Å². The number of benzene rings is 2. The first-order chi connectivity index (χ1) is 11.5. The van der Waals surface area contributed by atoms with Crippen molar-refractivity contribution in [2.24, 2.45) is 0 Å². The van der Waals surface area contributed by atoms with Crippen molar-refractivity contribution in [1.29, 1.82) is 0 Å². The Hall–Kier alpha value is -2.34. The average Bonchev–Trinajstić information content (AvgIpc) is 2.53. The zero-order valence-electron chi connectivity index (χ0n) is 13.6. The molecule has 0 radical (unpaired) electrons. The van der Waals surface area contributed by atoms with E-state index in [-0.39, 0.29) is 18.9 Å². The topological polar surface area (TPSA) is 67.4 Å². The molecule has 2 rings (SSSR count). The number of ether oxygens (including phenoxy) is 1. The van der Waals surface area contributed by atoms with Crippen LogP contribution in [0.1, 0.15) is 16.7 Å². The second kappa shape index (κ2) is 8.49. The number of rotatable bonds is 5. The number of halogens is 1. The summed E-state index contributed by atoms with van der Waals surface area (Å²) in [6.45, 7) is 3.65. The molecule has 0 aliphatic heterocycles. The molecule has 2 aromatic rings. The van der Waals surface area contributed by atoms with Crippen molar-refractivity contribution in [3.63, 3.8) is 0 Å². The van der Waals surface area contributed by atoms with Gasteiger partial charge in [-0.3, -0.25) is 20.4 Å². The Kier molecular flexibility index (Phi) is 6.37. The number of amides is 2. The highest BCUT2D eigenvalue weighted by atomic mass is 79.9. The van der Waals surface area contributed by atoms with Gasteiger partial charge in [0.2, 0.25) is 5.91 Å². The fraction of sp³-hybridized carbons (Fsp3) is 0.222. The molecule has 24 heavy (non-hydrogen) atoms. The van der Waals surface area contributed by atoms with E-state index in [1.54, 1.807) is 0 Å². The summed E-state index contributed by atoms with van der Waals surface area (Å²) >= 11 is 3.41. The Balaban J connectivity index is 1.79. The van der Waals surface area contributed by atoms with E-state index in [0.717, 1.165) is 21.2 Å². The molecule has 2 N–H and O–H groups in total. The summed E-state index contributed by atoms with van der Waals surface area (Å²) in [4.78, 5) is 23.6. The van der Waals surface area contributed by atoms with Gasteiger partial charge >= 0.3 is 0 Å². The summed E-state index contributed by atoms with van der Waals surface area (Å²) < 4.78 is 6.51. The summed E-state index contributed by atoms with van der Waals surface area (Å²) in [5, 5.41) is 0. The van der Waals surface area contributed by atoms with Gasteiger partial charge in [-0.25, -0.2) is 0 Å². The van der Waals surface area contributed by atoms with Crippen LogP contribution in [-0.2, 0) is 16.0 Å². The van der Waals surface area contributed by atoms with Gasteiger partial charge in [0.1, 0.15) is 5.75 Å². The van der Waals surface area contributed by atoms with E-state index < -0.39 is 5.91 Å². The van der Waals surface area contributed by atoms with Crippen molar-refractivity contribution in [3.05, 3.63) is 63.6 Å². The van der Waals surface area contributed by atoms with E-state index >= 15 is 0 Å². The SMILES string of the molecule is Cc1cc(Br)cc(C)c1OCC(=O)NNC(=O)Cc1ccccc1. The van der Waals surface area contributed by atoms with Crippen molar-refractivity contribution in [2.45, 2.75) is 20.3 Å².